The molecule has 0 N–H and O–H groups in total. The molecule has 0 bridgehead atoms. The minimum Gasteiger partial charge on any atom is -0.448 e. The molecule has 2 heterocycles. The van der Waals surface area contributed by atoms with Crippen molar-refractivity contribution in [3.63, 3.8) is 0 Å². The third-order valence-electron chi connectivity index (χ3n) is 5.17. The van der Waals surface area contributed by atoms with Crippen molar-refractivity contribution in [3.05, 3.63) is 70.4 Å². The first-order chi connectivity index (χ1) is 14.1. The normalized spacial score (nSPS) is 16.8. The summed E-state index contributed by atoms with van der Waals surface area (Å²) in [5, 5.41) is 25.9. The minimum absolute atomic E-state index is 0.0128. The Bertz CT molecular complexity index is 1180. The van der Waals surface area contributed by atoms with Gasteiger partial charge in [0.05, 0.1) is 33.8 Å². The number of hydrogen-bond acceptors (Lipinski definition) is 5. The van der Waals surface area contributed by atoms with Crippen LogP contribution in [0, 0.1) is 22.7 Å². The van der Waals surface area contributed by atoms with Crippen LogP contribution in [0.15, 0.2) is 53.8 Å². The second kappa shape index (κ2) is 7.50. The van der Waals surface area contributed by atoms with E-state index < -0.39 is 0 Å². The highest BCUT2D eigenvalue weighted by Crippen LogP contribution is 2.34. The molecule has 1 aromatic heterocycles. The summed E-state index contributed by atoms with van der Waals surface area (Å²) < 4.78 is 8.35. The van der Waals surface area contributed by atoms with E-state index in [0.717, 1.165) is 22.9 Å². The number of rotatable bonds is 4. The van der Waals surface area contributed by atoms with Gasteiger partial charge < -0.3 is 9.30 Å². The van der Waals surface area contributed by atoms with Crippen LogP contribution in [0.25, 0.3) is 10.9 Å². The molecule has 2 aromatic carbocycles. The van der Waals surface area contributed by atoms with E-state index in [-0.39, 0.29) is 12.3 Å². The minimum atomic E-state index is -0.296. The fraction of sp³-hybridized carbons (Fsp3) is 0.227. The molecule has 0 aliphatic carbocycles. The summed E-state index contributed by atoms with van der Waals surface area (Å²) in [6.45, 7) is 2.10. The van der Waals surface area contributed by atoms with Gasteiger partial charge in [-0.3, -0.25) is 5.01 Å². The molecular formula is C22H18ClN5O. The third kappa shape index (κ3) is 3.18. The maximum atomic E-state index is 9.22. The van der Waals surface area contributed by atoms with Crippen molar-refractivity contribution in [2.45, 2.75) is 25.6 Å². The fourth-order valence-electron chi connectivity index (χ4n) is 3.67. The zero-order valence-corrected chi connectivity index (χ0v) is 16.8. The lowest BCUT2D eigenvalue weighted by atomic mass is 10.1. The number of fused-ring (bicyclic) bond motifs is 1. The number of nitrogens with zero attached hydrogens (tertiary/aromatic N) is 5. The van der Waals surface area contributed by atoms with Crippen LogP contribution >= 0.6 is 11.6 Å². The van der Waals surface area contributed by atoms with Crippen molar-refractivity contribution in [3.8, 4) is 12.1 Å². The van der Waals surface area contributed by atoms with Crippen molar-refractivity contribution >= 4 is 28.4 Å². The van der Waals surface area contributed by atoms with Crippen LogP contribution in [0.2, 0.25) is 5.02 Å². The van der Waals surface area contributed by atoms with Gasteiger partial charge >= 0.3 is 0 Å². The molecule has 4 rings (SSSR count). The highest BCUT2D eigenvalue weighted by molar-refractivity contribution is 6.36. The number of halogens is 1. The zero-order chi connectivity index (χ0) is 20.5. The Balaban J connectivity index is 1.65. The van der Waals surface area contributed by atoms with Crippen LogP contribution in [0.5, 0.6) is 0 Å². The summed E-state index contributed by atoms with van der Waals surface area (Å²) in [5.41, 5.74) is 2.83. The molecule has 0 spiro atoms. The molecule has 29 heavy (non-hydrogen) atoms. The zero-order valence-electron chi connectivity index (χ0n) is 16.0. The quantitative estimate of drug-likeness (QED) is 0.635. The topological polar surface area (TPSA) is 77.3 Å². The highest BCUT2D eigenvalue weighted by atomic mass is 35.5. The smallest absolute Gasteiger partial charge is 0.240 e. The second-order valence-electron chi connectivity index (χ2n) is 6.85. The number of benzene rings is 2. The Morgan fingerprint density at radius 1 is 1.14 bits per heavy atom. The van der Waals surface area contributed by atoms with Crippen molar-refractivity contribution in [2.24, 2.45) is 5.10 Å². The van der Waals surface area contributed by atoms with Crippen LogP contribution < -0.4 is 0 Å². The molecule has 0 saturated heterocycles. The molecule has 2 atom stereocenters. The Morgan fingerprint density at radius 3 is 2.55 bits per heavy atom. The molecule has 0 radical (unpaired) electrons. The Kier molecular flexibility index (Phi) is 4.88. The standard InChI is InChI=1S/C22H18ClN5O/c1-3-18(28-11-10-17-19(28)9-8-16(13-25)20(17)23)22-27(2)26-21(29-22)15-6-4-14(12-24)5-7-15/h4-11,18,22H,3H2,1-2H3. The molecule has 0 amide bonds. The van der Waals surface area contributed by atoms with Crippen LogP contribution in [0.1, 0.15) is 36.1 Å². The average molecular weight is 404 g/mol. The summed E-state index contributed by atoms with van der Waals surface area (Å²) in [5.74, 6) is 0.529. The van der Waals surface area contributed by atoms with E-state index in [4.69, 9.17) is 21.6 Å². The lowest BCUT2D eigenvalue weighted by Crippen LogP contribution is -2.34. The summed E-state index contributed by atoms with van der Waals surface area (Å²) in [6.07, 6.45) is 2.49. The maximum Gasteiger partial charge on any atom is 0.240 e. The summed E-state index contributed by atoms with van der Waals surface area (Å²) in [4.78, 5) is 0. The molecule has 6 nitrogen and oxygen atoms in total. The molecule has 0 saturated carbocycles. The SMILES string of the molecule is CCC(C1OC(c2ccc(C#N)cc2)=NN1C)n1ccc2c(Cl)c(C#N)ccc21. The monoisotopic (exact) mass is 403 g/mol. The van der Waals surface area contributed by atoms with Crippen LogP contribution in [-0.4, -0.2) is 28.7 Å². The van der Waals surface area contributed by atoms with Crippen LogP contribution in [-0.2, 0) is 4.74 Å². The van der Waals surface area contributed by atoms with E-state index in [1.54, 1.807) is 18.2 Å². The van der Waals surface area contributed by atoms with Gasteiger partial charge in [-0.1, -0.05) is 18.5 Å². The molecule has 2 unspecified atom stereocenters. The number of hydrogen-bond donors (Lipinski definition) is 0. The molecule has 144 valence electrons. The maximum absolute atomic E-state index is 9.22. The van der Waals surface area contributed by atoms with Gasteiger partial charge in [0.15, 0.2) is 0 Å². The third-order valence-corrected chi connectivity index (χ3v) is 5.58. The Labute approximate surface area is 173 Å². The number of ether oxygens (including phenoxy) is 1. The van der Waals surface area contributed by atoms with E-state index >= 15 is 0 Å². The van der Waals surface area contributed by atoms with Crippen molar-refractivity contribution in [1.29, 1.82) is 10.5 Å². The van der Waals surface area contributed by atoms with E-state index in [0.29, 0.717) is 22.0 Å². The fourth-order valence-corrected chi connectivity index (χ4v) is 3.93. The first kappa shape index (κ1) is 18.9. The van der Waals surface area contributed by atoms with E-state index in [1.165, 1.54) is 0 Å². The molecule has 3 aromatic rings. The summed E-state index contributed by atoms with van der Waals surface area (Å²) in [7, 11) is 1.89. The van der Waals surface area contributed by atoms with Gasteiger partial charge in [0.25, 0.3) is 0 Å². The predicted octanol–water partition coefficient (Wildman–Crippen LogP) is 4.64. The Hall–Kier alpha value is -3.48. The molecule has 0 fully saturated rings. The first-order valence-electron chi connectivity index (χ1n) is 9.25. The summed E-state index contributed by atoms with van der Waals surface area (Å²) >= 11 is 6.40. The largest absolute Gasteiger partial charge is 0.448 e. The van der Waals surface area contributed by atoms with Gasteiger partial charge in [0.1, 0.15) is 6.07 Å². The average Bonchev–Trinajstić information content (AvgIpc) is 3.34. The lowest BCUT2D eigenvalue weighted by Gasteiger charge is -2.28. The Morgan fingerprint density at radius 2 is 1.90 bits per heavy atom. The van der Waals surface area contributed by atoms with E-state index in [9.17, 15) is 5.26 Å². The van der Waals surface area contributed by atoms with Gasteiger partial charge in [-0.15, -0.1) is 5.10 Å². The van der Waals surface area contributed by atoms with Crippen molar-refractivity contribution in [1.82, 2.24) is 9.58 Å². The number of hydrazone groups is 1. The van der Waals surface area contributed by atoms with Crippen LogP contribution in [0.3, 0.4) is 0 Å². The number of aromatic nitrogens is 1. The molecular weight excluding hydrogens is 386 g/mol. The lowest BCUT2D eigenvalue weighted by molar-refractivity contribution is 0.0280. The van der Waals surface area contributed by atoms with E-state index in [2.05, 4.69) is 28.7 Å². The molecule has 1 aliphatic heterocycles. The van der Waals surface area contributed by atoms with Gasteiger partial charge in [0.2, 0.25) is 12.1 Å². The highest BCUT2D eigenvalue weighted by Gasteiger charge is 2.34. The second-order valence-corrected chi connectivity index (χ2v) is 7.22. The number of likely N-dealkylation sites (N-methyl/N-ethyl adjacent to an activating group) is 1. The van der Waals surface area contributed by atoms with Gasteiger partial charge in [0, 0.05) is 24.2 Å². The predicted molar refractivity (Wildman–Crippen MR) is 111 cm³/mol. The molecule has 7 heteroatoms. The molecule has 1 aliphatic rings. The summed E-state index contributed by atoms with van der Waals surface area (Å²) in [6, 6.07) is 17.0. The first-order valence-corrected chi connectivity index (χ1v) is 9.63. The van der Waals surface area contributed by atoms with Crippen LogP contribution in [0.4, 0.5) is 0 Å². The van der Waals surface area contributed by atoms with Gasteiger partial charge in [-0.25, -0.2) is 0 Å². The van der Waals surface area contributed by atoms with Gasteiger partial charge in [-0.05, 0) is 48.9 Å². The van der Waals surface area contributed by atoms with E-state index in [1.807, 2.05) is 42.5 Å². The number of nitriles is 2. The van der Waals surface area contributed by atoms with Crippen molar-refractivity contribution < 1.29 is 4.74 Å². The van der Waals surface area contributed by atoms with Crippen molar-refractivity contribution in [2.75, 3.05) is 7.05 Å². The van der Waals surface area contributed by atoms with Gasteiger partial charge in [-0.2, -0.15) is 10.5 Å².